The number of nitrogens with one attached hydrogen (secondary N) is 1. The van der Waals surface area contributed by atoms with Crippen molar-refractivity contribution in [1.29, 1.82) is 0 Å². The van der Waals surface area contributed by atoms with Gasteiger partial charge in [0.25, 0.3) is 0 Å². The maximum atomic E-state index is 9.64. The smallest absolute Gasteiger partial charge is 0.303 e. The molecule has 2 atom stereocenters. The fourth-order valence-corrected chi connectivity index (χ4v) is 1.06. The Morgan fingerprint density at radius 3 is 1.38 bits per heavy atom. The Bertz CT molecular complexity index is 287. The minimum atomic E-state index is -1.69. The van der Waals surface area contributed by atoms with Gasteiger partial charge in [0.2, 0.25) is 0 Å². The maximum Gasteiger partial charge on any atom is 0.303 e. The summed E-state index contributed by atoms with van der Waals surface area (Å²) in [6.45, 7) is 0.840. The third-order valence-corrected chi connectivity index (χ3v) is 2.24. The molecule has 0 fully saturated rings. The molecule has 0 saturated heterocycles. The highest BCUT2D eigenvalue weighted by molar-refractivity contribution is 6.22. The summed E-state index contributed by atoms with van der Waals surface area (Å²) in [7, 11) is 0. The monoisotopic (exact) mass is 349 g/mol. The van der Waals surface area contributed by atoms with Gasteiger partial charge in [0.05, 0.1) is 12.8 Å². The Hall–Kier alpha value is -0.680. The van der Waals surface area contributed by atoms with Crippen LogP contribution in [-0.2, 0) is 9.59 Å². The quantitative estimate of drug-likeness (QED) is 0.119. The zero-order valence-corrected chi connectivity index (χ0v) is 12.8. The number of alkyl halides is 2. The van der Waals surface area contributed by atoms with E-state index in [2.05, 4.69) is 5.32 Å². The van der Waals surface area contributed by atoms with E-state index in [-0.39, 0.29) is 25.7 Å². The van der Waals surface area contributed by atoms with Crippen LogP contribution in [0.1, 0.15) is 25.7 Å². The molecule has 0 aromatic heterocycles. The molecule has 9 N–H and O–H groups in total. The van der Waals surface area contributed by atoms with Gasteiger partial charge in [-0.05, 0) is 0 Å². The molecule has 0 heterocycles. The van der Waals surface area contributed by atoms with Crippen molar-refractivity contribution in [3.8, 4) is 0 Å². The molecule has 0 aliphatic rings. The van der Waals surface area contributed by atoms with Gasteiger partial charge in [-0.15, -0.1) is 0 Å². The third-order valence-electron chi connectivity index (χ3n) is 1.86. The van der Waals surface area contributed by atoms with E-state index in [4.69, 9.17) is 55.1 Å². The topological polar surface area (TPSA) is 179 Å². The molecule has 126 valence electrons. The number of rotatable bonds is 9. The summed E-state index contributed by atoms with van der Waals surface area (Å²) >= 11 is 10.6. The summed E-state index contributed by atoms with van der Waals surface area (Å²) in [6.07, 6.45) is -0.204. The second-order valence-electron chi connectivity index (χ2n) is 4.17. The highest BCUT2D eigenvalue weighted by Crippen LogP contribution is 2.07. The Morgan fingerprint density at radius 2 is 1.19 bits per heavy atom. The van der Waals surface area contributed by atoms with Crippen molar-refractivity contribution in [2.24, 2.45) is 11.5 Å². The van der Waals surface area contributed by atoms with E-state index in [1.165, 1.54) is 0 Å². The first-order valence-electron chi connectivity index (χ1n) is 5.88. The molecular formula is C10H21Cl2N3O6. The normalized spacial score (nSPS) is 16.1. The lowest BCUT2D eigenvalue weighted by Gasteiger charge is -2.16. The highest BCUT2D eigenvalue weighted by atomic mass is 35.5. The Kier molecular flexibility index (Phi) is 11.8. The van der Waals surface area contributed by atoms with Gasteiger partial charge in [-0.2, -0.15) is 0 Å². The Balaban J connectivity index is 0. The second-order valence-corrected chi connectivity index (χ2v) is 5.48. The molecule has 0 aliphatic carbocycles. The van der Waals surface area contributed by atoms with Gasteiger partial charge in [-0.1, -0.05) is 23.2 Å². The van der Waals surface area contributed by atoms with Crippen molar-refractivity contribution >= 4 is 35.1 Å². The van der Waals surface area contributed by atoms with Crippen LogP contribution in [0.5, 0.6) is 0 Å². The molecular weight excluding hydrogens is 329 g/mol. The summed E-state index contributed by atoms with van der Waals surface area (Å²) in [5.41, 5.74) is 10.2. The maximum absolute atomic E-state index is 9.64. The zero-order valence-electron chi connectivity index (χ0n) is 11.3. The summed E-state index contributed by atoms with van der Waals surface area (Å²) in [4.78, 5) is 19.3. The molecule has 0 radical (unpaired) electrons. The third kappa shape index (κ3) is 28.3. The van der Waals surface area contributed by atoms with E-state index in [0.717, 1.165) is 0 Å². The van der Waals surface area contributed by atoms with E-state index in [1.807, 2.05) is 0 Å². The van der Waals surface area contributed by atoms with Gasteiger partial charge < -0.3 is 25.7 Å². The molecule has 0 aliphatic heterocycles. The van der Waals surface area contributed by atoms with Gasteiger partial charge in [0.1, 0.15) is 0 Å². The van der Waals surface area contributed by atoms with Crippen LogP contribution in [0.25, 0.3) is 0 Å². The van der Waals surface area contributed by atoms with Gasteiger partial charge in [-0.3, -0.25) is 21.1 Å². The minimum Gasteiger partial charge on any atom is -0.481 e. The number of hydrogen-bond donors (Lipinski definition) is 7. The van der Waals surface area contributed by atoms with Crippen LogP contribution in [0.3, 0.4) is 0 Å². The SMILES string of the molecule is NC(O)(Cl)CCNCCC(N)(O)Cl.O=C(O)CCC(=O)O. The summed E-state index contributed by atoms with van der Waals surface area (Å²) in [5.74, 6) is -2.15. The summed E-state index contributed by atoms with van der Waals surface area (Å²) < 4.78 is 0. The van der Waals surface area contributed by atoms with Crippen molar-refractivity contribution < 1.29 is 30.0 Å². The first kappa shape index (κ1) is 22.6. The molecule has 0 rings (SSSR count). The van der Waals surface area contributed by atoms with Crippen LogP contribution in [0, 0.1) is 0 Å². The molecule has 21 heavy (non-hydrogen) atoms. The van der Waals surface area contributed by atoms with Crippen molar-refractivity contribution in [3.05, 3.63) is 0 Å². The van der Waals surface area contributed by atoms with Gasteiger partial charge in [-0.25, -0.2) is 0 Å². The van der Waals surface area contributed by atoms with E-state index in [9.17, 15) is 9.59 Å². The van der Waals surface area contributed by atoms with Crippen molar-refractivity contribution in [2.75, 3.05) is 13.1 Å². The first-order chi connectivity index (χ1) is 9.33. The number of hydrogen-bond acceptors (Lipinski definition) is 7. The fourth-order valence-electron chi connectivity index (χ4n) is 0.866. The average molecular weight is 350 g/mol. The van der Waals surface area contributed by atoms with Crippen molar-refractivity contribution in [3.63, 3.8) is 0 Å². The number of aliphatic carboxylic acids is 2. The van der Waals surface area contributed by atoms with Crippen molar-refractivity contribution in [2.45, 2.75) is 36.1 Å². The number of nitrogens with two attached hydrogens (primary N) is 2. The van der Waals surface area contributed by atoms with E-state index in [0.29, 0.717) is 13.1 Å². The molecule has 0 spiro atoms. The van der Waals surface area contributed by atoms with Crippen LogP contribution in [0.15, 0.2) is 0 Å². The summed E-state index contributed by atoms with van der Waals surface area (Å²) in [5, 5.41) is 33.0. The van der Waals surface area contributed by atoms with Crippen LogP contribution < -0.4 is 16.8 Å². The molecule has 2 unspecified atom stereocenters. The minimum absolute atomic E-state index is 0.194. The molecule has 0 saturated carbocycles. The molecule has 0 bridgehead atoms. The first-order valence-corrected chi connectivity index (χ1v) is 6.64. The van der Waals surface area contributed by atoms with Gasteiger partial charge in [0.15, 0.2) is 10.4 Å². The molecule has 11 heteroatoms. The predicted octanol–water partition coefficient (Wildman–Crippen LogP) is -1.02. The standard InChI is InChI=1S/C6H15Cl2N3O2.C4H6O4/c7-5(9,12)1-3-11-4-2-6(8,10)13;5-3(6)1-2-4(7)8/h11-13H,1-4,9-10H2;1-2H2,(H,5,6)(H,7,8). The lowest BCUT2D eigenvalue weighted by Crippen LogP contribution is -2.39. The Morgan fingerprint density at radius 1 is 0.905 bits per heavy atom. The summed E-state index contributed by atoms with van der Waals surface area (Å²) in [6, 6.07) is 0. The number of carbonyl (C=O) groups is 2. The number of halogens is 2. The van der Waals surface area contributed by atoms with E-state index >= 15 is 0 Å². The zero-order chi connectivity index (χ0) is 17.1. The second kappa shape index (κ2) is 11.0. The van der Waals surface area contributed by atoms with Crippen molar-refractivity contribution in [1.82, 2.24) is 5.32 Å². The number of carboxylic acid groups (broad SMARTS) is 2. The fraction of sp³-hybridized carbons (Fsp3) is 0.800. The van der Waals surface area contributed by atoms with Crippen LogP contribution in [0.4, 0.5) is 0 Å². The highest BCUT2D eigenvalue weighted by Gasteiger charge is 2.17. The largest absolute Gasteiger partial charge is 0.481 e. The van der Waals surface area contributed by atoms with Gasteiger partial charge >= 0.3 is 11.9 Å². The van der Waals surface area contributed by atoms with E-state index < -0.39 is 22.3 Å². The molecule has 0 aromatic rings. The number of carboxylic acids is 2. The van der Waals surface area contributed by atoms with Gasteiger partial charge in [0, 0.05) is 25.9 Å². The van der Waals surface area contributed by atoms with Crippen LogP contribution in [0.2, 0.25) is 0 Å². The molecule has 9 nitrogen and oxygen atoms in total. The molecule has 0 aromatic carbocycles. The van der Waals surface area contributed by atoms with Crippen LogP contribution in [-0.4, -0.2) is 55.8 Å². The number of aliphatic hydroxyl groups is 2. The Labute approximate surface area is 131 Å². The molecule has 0 amide bonds. The average Bonchev–Trinajstić information content (AvgIpc) is 2.23. The lowest BCUT2D eigenvalue weighted by atomic mass is 10.3. The van der Waals surface area contributed by atoms with E-state index in [1.54, 1.807) is 0 Å². The lowest BCUT2D eigenvalue weighted by molar-refractivity contribution is -0.143. The predicted molar refractivity (Wildman–Crippen MR) is 76.6 cm³/mol. The van der Waals surface area contributed by atoms with Crippen LogP contribution >= 0.6 is 23.2 Å².